The van der Waals surface area contributed by atoms with Crippen molar-refractivity contribution in [1.82, 2.24) is 0 Å². The highest BCUT2D eigenvalue weighted by atomic mass is 16.4. The van der Waals surface area contributed by atoms with Gasteiger partial charge in [-0.15, -0.1) is 0 Å². The first kappa shape index (κ1) is 11.9. The molecule has 1 atom stereocenters. The number of carboxylic acids is 1. The first-order valence-electron chi connectivity index (χ1n) is 4.85. The van der Waals surface area contributed by atoms with Crippen LogP contribution in [0.5, 0.6) is 0 Å². The number of aliphatic carboxylic acids is 1. The molecule has 1 aliphatic carbocycles. The van der Waals surface area contributed by atoms with Crippen LogP contribution in [0.25, 0.3) is 0 Å². The summed E-state index contributed by atoms with van der Waals surface area (Å²) >= 11 is 0. The second-order valence-corrected chi connectivity index (χ2v) is 4.79. The van der Waals surface area contributed by atoms with Crippen LogP contribution < -0.4 is 0 Å². The molecule has 4 heteroatoms. The average molecular weight is 212 g/mol. The fourth-order valence-electron chi connectivity index (χ4n) is 2.13. The van der Waals surface area contributed by atoms with E-state index in [1.807, 2.05) is 0 Å². The number of hydrogen-bond acceptors (Lipinski definition) is 3. The van der Waals surface area contributed by atoms with Crippen molar-refractivity contribution in [3.8, 4) is 0 Å². The molecule has 0 spiro atoms. The van der Waals surface area contributed by atoms with Crippen LogP contribution in [-0.4, -0.2) is 27.6 Å². The quantitative estimate of drug-likeness (QED) is 0.719. The number of aliphatic hydroxyl groups is 1. The molecule has 1 rings (SSSR count). The van der Waals surface area contributed by atoms with Gasteiger partial charge in [-0.2, -0.15) is 0 Å². The van der Waals surface area contributed by atoms with Gasteiger partial charge in [-0.25, -0.2) is 0 Å². The smallest absolute Gasteiger partial charge is 0.306 e. The maximum absolute atomic E-state index is 11.3. The maximum Gasteiger partial charge on any atom is 0.306 e. The van der Waals surface area contributed by atoms with Crippen LogP contribution in [0.3, 0.4) is 0 Å². The highest BCUT2D eigenvalue weighted by molar-refractivity contribution is 5.93. The third kappa shape index (κ3) is 1.95. The van der Waals surface area contributed by atoms with E-state index in [1.165, 1.54) is 6.08 Å². The lowest BCUT2D eigenvalue weighted by molar-refractivity contribution is -0.148. The Morgan fingerprint density at radius 3 is 2.47 bits per heavy atom. The number of ketones is 1. The summed E-state index contributed by atoms with van der Waals surface area (Å²) in [6, 6.07) is 0. The van der Waals surface area contributed by atoms with Gasteiger partial charge in [0.05, 0.1) is 6.42 Å². The summed E-state index contributed by atoms with van der Waals surface area (Å²) in [7, 11) is 0. The summed E-state index contributed by atoms with van der Waals surface area (Å²) in [5, 5.41) is 19.1. The van der Waals surface area contributed by atoms with Crippen LogP contribution in [0.4, 0.5) is 0 Å². The van der Waals surface area contributed by atoms with Gasteiger partial charge in [0.2, 0.25) is 0 Å². The van der Waals surface area contributed by atoms with Crippen LogP contribution in [0.15, 0.2) is 11.6 Å². The molecule has 0 aromatic carbocycles. The molecule has 0 radical (unpaired) electrons. The lowest BCUT2D eigenvalue weighted by Crippen LogP contribution is -2.50. The number of hydrogen-bond donors (Lipinski definition) is 2. The summed E-state index contributed by atoms with van der Waals surface area (Å²) in [5.74, 6) is -1.12. The fraction of sp³-hybridized carbons (Fsp3) is 0.636. The molecule has 0 saturated heterocycles. The first-order valence-corrected chi connectivity index (χ1v) is 4.85. The summed E-state index contributed by atoms with van der Waals surface area (Å²) in [5.41, 5.74) is -1.72. The zero-order valence-corrected chi connectivity index (χ0v) is 9.20. The Hall–Kier alpha value is -1.16. The minimum Gasteiger partial charge on any atom is -0.481 e. The lowest BCUT2D eigenvalue weighted by atomic mass is 9.63. The summed E-state index contributed by atoms with van der Waals surface area (Å²) in [6.45, 7) is 5.02. The highest BCUT2D eigenvalue weighted by Gasteiger charge is 2.49. The minimum atomic E-state index is -1.42. The van der Waals surface area contributed by atoms with Gasteiger partial charge in [-0.1, -0.05) is 13.8 Å². The van der Waals surface area contributed by atoms with Crippen LogP contribution in [0.1, 0.15) is 33.6 Å². The molecule has 0 fully saturated rings. The molecule has 4 nitrogen and oxygen atoms in total. The summed E-state index contributed by atoms with van der Waals surface area (Å²) in [6.07, 6.45) is 1.15. The molecule has 0 amide bonds. The van der Waals surface area contributed by atoms with Gasteiger partial charge in [-0.3, -0.25) is 9.59 Å². The van der Waals surface area contributed by atoms with Crippen molar-refractivity contribution in [2.24, 2.45) is 5.41 Å². The molecule has 0 heterocycles. The van der Waals surface area contributed by atoms with Crippen molar-refractivity contribution < 1.29 is 19.8 Å². The maximum atomic E-state index is 11.3. The standard InChI is InChI=1S/C11H16O4/c1-7-4-8(12)5-10(2,3)11(7,15)6-9(13)14/h4,15H,5-6H2,1-3H3,(H,13,14). The zero-order valence-electron chi connectivity index (χ0n) is 9.20. The molecule has 0 aromatic rings. The monoisotopic (exact) mass is 212 g/mol. The summed E-state index contributed by atoms with van der Waals surface area (Å²) in [4.78, 5) is 22.0. The van der Waals surface area contributed by atoms with E-state index < -0.39 is 17.0 Å². The van der Waals surface area contributed by atoms with Crippen molar-refractivity contribution in [2.75, 3.05) is 0 Å². The van der Waals surface area contributed by atoms with Gasteiger partial charge in [0.15, 0.2) is 5.78 Å². The van der Waals surface area contributed by atoms with Crippen LogP contribution in [0, 0.1) is 5.41 Å². The molecule has 1 aliphatic rings. The number of carbonyl (C=O) groups is 2. The van der Waals surface area contributed by atoms with Crippen molar-refractivity contribution in [2.45, 2.75) is 39.2 Å². The van der Waals surface area contributed by atoms with E-state index in [0.717, 1.165) is 0 Å². The zero-order chi connectivity index (χ0) is 11.9. The molecule has 15 heavy (non-hydrogen) atoms. The number of carboxylic acid groups (broad SMARTS) is 1. The fourth-order valence-corrected chi connectivity index (χ4v) is 2.13. The number of rotatable bonds is 2. The molecule has 0 bridgehead atoms. The second kappa shape index (κ2) is 3.45. The molecule has 2 N–H and O–H groups in total. The third-order valence-corrected chi connectivity index (χ3v) is 3.17. The predicted octanol–water partition coefficient (Wildman–Crippen LogP) is 1.14. The van der Waals surface area contributed by atoms with Gasteiger partial charge in [0.25, 0.3) is 0 Å². The SMILES string of the molecule is CC1=CC(=O)CC(C)(C)C1(O)CC(=O)O. The van der Waals surface area contributed by atoms with Gasteiger partial charge in [0.1, 0.15) is 5.60 Å². The lowest BCUT2D eigenvalue weighted by Gasteiger charge is -2.44. The Morgan fingerprint density at radius 2 is 2.07 bits per heavy atom. The minimum absolute atomic E-state index is 0.0624. The molecule has 1 unspecified atom stereocenters. The van der Waals surface area contributed by atoms with E-state index in [4.69, 9.17) is 5.11 Å². The van der Waals surface area contributed by atoms with Gasteiger partial charge in [0, 0.05) is 11.8 Å². The van der Waals surface area contributed by atoms with Gasteiger partial charge in [-0.05, 0) is 18.6 Å². The highest BCUT2D eigenvalue weighted by Crippen LogP contribution is 2.45. The number of carbonyl (C=O) groups excluding carboxylic acids is 1. The molecular weight excluding hydrogens is 196 g/mol. The van der Waals surface area contributed by atoms with Crippen LogP contribution in [-0.2, 0) is 9.59 Å². The average Bonchev–Trinajstić information content (AvgIpc) is 1.98. The van der Waals surface area contributed by atoms with E-state index in [0.29, 0.717) is 5.57 Å². The van der Waals surface area contributed by atoms with E-state index in [9.17, 15) is 14.7 Å². The second-order valence-electron chi connectivity index (χ2n) is 4.79. The van der Waals surface area contributed by atoms with Crippen LogP contribution >= 0.6 is 0 Å². The van der Waals surface area contributed by atoms with Gasteiger partial charge >= 0.3 is 5.97 Å². The van der Waals surface area contributed by atoms with E-state index in [-0.39, 0.29) is 18.6 Å². The molecular formula is C11H16O4. The largest absolute Gasteiger partial charge is 0.481 e. The topological polar surface area (TPSA) is 74.6 Å². The molecule has 0 aromatic heterocycles. The Labute approximate surface area is 88.6 Å². The van der Waals surface area contributed by atoms with Crippen molar-refractivity contribution in [3.05, 3.63) is 11.6 Å². The van der Waals surface area contributed by atoms with Crippen LogP contribution in [0.2, 0.25) is 0 Å². The summed E-state index contributed by atoms with van der Waals surface area (Å²) < 4.78 is 0. The first-order chi connectivity index (χ1) is 6.69. The Balaban J connectivity index is 3.17. The Kier molecular flexibility index (Phi) is 2.74. The molecule has 84 valence electrons. The van der Waals surface area contributed by atoms with Crippen molar-refractivity contribution >= 4 is 11.8 Å². The molecule has 0 saturated carbocycles. The van der Waals surface area contributed by atoms with Crippen molar-refractivity contribution in [1.29, 1.82) is 0 Å². The Morgan fingerprint density at radius 1 is 1.53 bits per heavy atom. The number of allylic oxidation sites excluding steroid dienone is 1. The van der Waals surface area contributed by atoms with E-state index >= 15 is 0 Å². The van der Waals surface area contributed by atoms with Crippen molar-refractivity contribution in [3.63, 3.8) is 0 Å². The van der Waals surface area contributed by atoms with E-state index in [2.05, 4.69) is 0 Å². The third-order valence-electron chi connectivity index (χ3n) is 3.17. The van der Waals surface area contributed by atoms with Gasteiger partial charge < -0.3 is 10.2 Å². The van der Waals surface area contributed by atoms with E-state index in [1.54, 1.807) is 20.8 Å². The predicted molar refractivity (Wildman–Crippen MR) is 54.4 cm³/mol. The normalized spacial score (nSPS) is 29.9. The molecule has 0 aliphatic heterocycles. The Bertz CT molecular complexity index is 340.